The molecular weight excluding hydrogens is 505 g/mol. The van der Waals surface area contributed by atoms with Gasteiger partial charge in [0.05, 0.1) is 27.8 Å². The lowest BCUT2D eigenvalue weighted by Gasteiger charge is -2.22. The molecule has 0 bridgehead atoms. The van der Waals surface area contributed by atoms with Gasteiger partial charge in [-0.1, -0.05) is 23.7 Å². The average molecular weight is 532 g/mol. The molecule has 1 aromatic heterocycles. The number of aromatic nitrogens is 1. The largest absolute Gasteiger partial charge is 0.459 e. The van der Waals surface area contributed by atoms with Crippen molar-refractivity contribution in [3.8, 4) is 0 Å². The zero-order valence-corrected chi connectivity index (χ0v) is 21.9. The number of pyridine rings is 1. The van der Waals surface area contributed by atoms with Crippen LogP contribution >= 0.6 is 23.7 Å². The third-order valence-corrected chi connectivity index (χ3v) is 6.66. The number of benzene rings is 2. The number of halogens is 2. The number of nitrogens with one attached hydrogen (secondary N) is 4. The van der Waals surface area contributed by atoms with Gasteiger partial charge < -0.3 is 20.1 Å². The highest BCUT2D eigenvalue weighted by molar-refractivity contribution is 7.98. The van der Waals surface area contributed by atoms with Gasteiger partial charge >= 0.3 is 5.97 Å². The Morgan fingerprint density at radius 2 is 1.86 bits per heavy atom. The molecule has 8 nitrogen and oxygen atoms in total. The Hall–Kier alpha value is -3.21. The SMILES string of the molecule is CNSNc1cccc(Nc2c(C(=O)OC3CC3)c(Nc3ccc(C)cc3F)n(C)c(=O)c2C)c1Cl. The minimum absolute atomic E-state index is 0.0838. The number of rotatable bonds is 9. The van der Waals surface area contributed by atoms with Crippen molar-refractivity contribution in [1.82, 2.24) is 9.29 Å². The first-order chi connectivity index (χ1) is 17.2. The fraction of sp³-hybridized carbons (Fsp3) is 0.280. The average Bonchev–Trinajstić information content (AvgIpc) is 3.66. The Morgan fingerprint density at radius 3 is 2.53 bits per heavy atom. The highest BCUT2D eigenvalue weighted by Crippen LogP contribution is 2.38. The van der Waals surface area contributed by atoms with Gasteiger partial charge in [-0.15, -0.1) is 0 Å². The molecule has 11 heteroatoms. The van der Waals surface area contributed by atoms with Crippen LogP contribution in [0.4, 0.5) is 33.0 Å². The van der Waals surface area contributed by atoms with Gasteiger partial charge in [0, 0.05) is 24.7 Å². The van der Waals surface area contributed by atoms with Crippen LogP contribution in [0, 0.1) is 19.7 Å². The second-order valence-corrected chi connectivity index (χ2v) is 9.70. The van der Waals surface area contributed by atoms with Crippen LogP contribution in [0.15, 0.2) is 41.2 Å². The number of carbonyl (C=O) groups is 1. The van der Waals surface area contributed by atoms with Gasteiger partial charge in [-0.25, -0.2) is 13.9 Å². The van der Waals surface area contributed by atoms with Crippen molar-refractivity contribution >= 4 is 58.3 Å². The maximum absolute atomic E-state index is 14.7. The van der Waals surface area contributed by atoms with Gasteiger partial charge in [-0.05, 0) is 63.6 Å². The van der Waals surface area contributed by atoms with Crippen LogP contribution in [0.1, 0.15) is 34.3 Å². The standard InChI is InChI=1S/C25H27ClFN5O3S/c1-13-8-11-17(16(27)12-13)30-23-20(25(34)35-15-9-10-15)22(14(2)24(33)32(23)4)29-18-6-5-7-19(21(18)26)31-36-28-3/h5-8,11-12,15,28-31H,9-10H2,1-4H3. The molecule has 0 saturated heterocycles. The Labute approximate surface area is 217 Å². The van der Waals surface area contributed by atoms with Gasteiger partial charge in [0.25, 0.3) is 5.56 Å². The topological polar surface area (TPSA) is 96.4 Å². The number of aryl methyl sites for hydroxylation is 1. The molecule has 1 saturated carbocycles. The predicted octanol–water partition coefficient (Wildman–Crippen LogP) is 5.80. The van der Waals surface area contributed by atoms with E-state index >= 15 is 0 Å². The highest BCUT2D eigenvalue weighted by atomic mass is 35.5. The van der Waals surface area contributed by atoms with E-state index in [1.165, 1.54) is 29.8 Å². The van der Waals surface area contributed by atoms with Gasteiger partial charge in [0.15, 0.2) is 0 Å². The molecule has 1 aliphatic rings. The van der Waals surface area contributed by atoms with E-state index in [1.54, 1.807) is 51.2 Å². The van der Waals surface area contributed by atoms with Crippen LogP contribution in [0.5, 0.6) is 0 Å². The van der Waals surface area contributed by atoms with E-state index in [4.69, 9.17) is 16.3 Å². The van der Waals surface area contributed by atoms with Crippen LogP contribution in [0.2, 0.25) is 5.02 Å². The molecule has 3 aromatic rings. The molecular formula is C25H27ClFN5O3S. The van der Waals surface area contributed by atoms with E-state index in [1.807, 2.05) is 0 Å². The summed E-state index contributed by atoms with van der Waals surface area (Å²) in [6, 6.07) is 9.98. The minimum Gasteiger partial charge on any atom is -0.459 e. The van der Waals surface area contributed by atoms with Gasteiger partial charge in [-0.3, -0.25) is 9.36 Å². The maximum atomic E-state index is 14.7. The number of ether oxygens (including phenoxy) is 1. The summed E-state index contributed by atoms with van der Waals surface area (Å²) < 4.78 is 27.6. The summed E-state index contributed by atoms with van der Waals surface area (Å²) in [5.74, 6) is -1.02. The second kappa shape index (κ2) is 10.8. The summed E-state index contributed by atoms with van der Waals surface area (Å²) in [7, 11) is 3.29. The van der Waals surface area contributed by atoms with Crippen LogP contribution in [0.25, 0.3) is 0 Å². The predicted molar refractivity (Wildman–Crippen MR) is 144 cm³/mol. The van der Waals surface area contributed by atoms with Crippen molar-refractivity contribution in [1.29, 1.82) is 0 Å². The summed E-state index contributed by atoms with van der Waals surface area (Å²) >= 11 is 7.86. The smallest absolute Gasteiger partial charge is 0.344 e. The highest BCUT2D eigenvalue weighted by Gasteiger charge is 2.32. The maximum Gasteiger partial charge on any atom is 0.344 e. The summed E-state index contributed by atoms with van der Waals surface area (Å²) in [6.45, 7) is 3.39. The van der Waals surface area contributed by atoms with Crippen LogP contribution in [-0.4, -0.2) is 23.7 Å². The number of hydrogen-bond acceptors (Lipinski definition) is 8. The van der Waals surface area contributed by atoms with E-state index in [-0.39, 0.29) is 40.0 Å². The number of anilines is 5. The molecule has 36 heavy (non-hydrogen) atoms. The molecule has 0 unspecified atom stereocenters. The number of carbonyl (C=O) groups excluding carboxylic acids is 1. The van der Waals surface area contributed by atoms with E-state index in [0.717, 1.165) is 18.4 Å². The lowest BCUT2D eigenvalue weighted by atomic mass is 10.1. The molecule has 0 atom stereocenters. The van der Waals surface area contributed by atoms with Crippen molar-refractivity contribution < 1.29 is 13.9 Å². The first kappa shape index (κ1) is 25.9. The van der Waals surface area contributed by atoms with Crippen molar-refractivity contribution in [3.05, 3.63) is 74.3 Å². The molecule has 2 aromatic carbocycles. The molecule has 1 heterocycles. The minimum atomic E-state index is -0.620. The summed E-state index contributed by atoms with van der Waals surface area (Å²) in [5.41, 5.74) is 2.21. The summed E-state index contributed by atoms with van der Waals surface area (Å²) in [5, 5.41) is 6.48. The fourth-order valence-corrected chi connectivity index (χ4v) is 4.29. The second-order valence-electron chi connectivity index (χ2n) is 8.50. The molecule has 0 amide bonds. The number of esters is 1. The lowest BCUT2D eigenvalue weighted by Crippen LogP contribution is -2.27. The van der Waals surface area contributed by atoms with Crippen molar-refractivity contribution in [2.24, 2.45) is 7.05 Å². The van der Waals surface area contributed by atoms with Gasteiger partial charge in [0.2, 0.25) is 0 Å². The third-order valence-electron chi connectivity index (χ3n) is 5.72. The fourth-order valence-electron chi connectivity index (χ4n) is 3.63. The van der Waals surface area contributed by atoms with Gasteiger partial charge in [-0.2, -0.15) is 0 Å². The zero-order valence-electron chi connectivity index (χ0n) is 20.3. The molecule has 0 spiro atoms. The Bertz CT molecular complexity index is 1380. The molecule has 4 rings (SSSR count). The van der Waals surface area contributed by atoms with Crippen LogP contribution < -0.4 is 25.6 Å². The number of nitrogens with zero attached hydrogens (tertiary/aromatic N) is 1. The van der Waals surface area contributed by atoms with Gasteiger partial charge in [0.1, 0.15) is 23.3 Å². The zero-order chi connectivity index (χ0) is 26.0. The Kier molecular flexibility index (Phi) is 7.77. The monoisotopic (exact) mass is 531 g/mol. The summed E-state index contributed by atoms with van der Waals surface area (Å²) in [4.78, 5) is 26.6. The molecule has 0 aliphatic heterocycles. The van der Waals surface area contributed by atoms with E-state index in [9.17, 15) is 14.0 Å². The van der Waals surface area contributed by atoms with Crippen molar-refractivity contribution in [2.45, 2.75) is 32.8 Å². The quantitative estimate of drug-likeness (QED) is 0.203. The molecule has 1 aliphatic carbocycles. The van der Waals surface area contributed by atoms with Crippen molar-refractivity contribution in [3.63, 3.8) is 0 Å². The van der Waals surface area contributed by atoms with Crippen LogP contribution in [-0.2, 0) is 11.8 Å². The first-order valence-corrected chi connectivity index (χ1v) is 12.5. The van der Waals surface area contributed by atoms with E-state index in [2.05, 4.69) is 20.1 Å². The van der Waals surface area contributed by atoms with E-state index in [0.29, 0.717) is 16.4 Å². The third kappa shape index (κ3) is 5.45. The summed E-state index contributed by atoms with van der Waals surface area (Å²) in [6.07, 6.45) is 1.37. The molecule has 0 radical (unpaired) electrons. The number of hydrogen-bond donors (Lipinski definition) is 4. The van der Waals surface area contributed by atoms with E-state index < -0.39 is 11.8 Å². The normalized spacial score (nSPS) is 12.8. The Morgan fingerprint density at radius 1 is 1.14 bits per heavy atom. The first-order valence-electron chi connectivity index (χ1n) is 11.3. The molecule has 190 valence electrons. The lowest BCUT2D eigenvalue weighted by molar-refractivity contribution is 0.0474. The van der Waals surface area contributed by atoms with Crippen LogP contribution in [0.3, 0.4) is 0 Å². The molecule has 1 fully saturated rings. The molecule has 4 N–H and O–H groups in total. The van der Waals surface area contributed by atoms with Crippen molar-refractivity contribution in [2.75, 3.05) is 22.4 Å². The Balaban J connectivity index is 1.86.